The van der Waals surface area contributed by atoms with Crippen molar-refractivity contribution in [1.29, 1.82) is 0 Å². The Morgan fingerprint density at radius 2 is 2.12 bits per heavy atom. The van der Waals surface area contributed by atoms with E-state index in [9.17, 15) is 18.0 Å². The second-order valence-corrected chi connectivity index (χ2v) is 6.83. The third kappa shape index (κ3) is 3.19. The molecule has 0 spiro atoms. The Labute approximate surface area is 149 Å². The zero-order valence-corrected chi connectivity index (χ0v) is 14.1. The molecule has 1 aliphatic rings. The molecule has 0 aliphatic carbocycles. The summed E-state index contributed by atoms with van der Waals surface area (Å²) in [5, 5.41) is 4.66. The highest BCUT2D eigenvalue weighted by molar-refractivity contribution is 7.17. The topological polar surface area (TPSA) is 71.0 Å². The number of rotatable bonds is 4. The van der Waals surface area contributed by atoms with Gasteiger partial charge in [-0.05, 0) is 23.1 Å². The van der Waals surface area contributed by atoms with Gasteiger partial charge in [-0.15, -0.1) is 11.3 Å². The minimum Gasteiger partial charge on any atom is -0.350 e. The van der Waals surface area contributed by atoms with E-state index in [1.165, 1.54) is 23.6 Å². The fourth-order valence-corrected chi connectivity index (χ4v) is 3.44. The van der Waals surface area contributed by atoms with Crippen molar-refractivity contribution < 1.29 is 18.0 Å². The molecule has 0 bridgehead atoms. The van der Waals surface area contributed by atoms with E-state index in [0.29, 0.717) is 15.8 Å². The average molecular weight is 379 g/mol. The predicted octanol–water partition coefficient (Wildman–Crippen LogP) is 2.93. The first-order valence-corrected chi connectivity index (χ1v) is 8.55. The molecule has 4 heterocycles. The van der Waals surface area contributed by atoms with Crippen LogP contribution in [0.4, 0.5) is 19.1 Å². The van der Waals surface area contributed by atoms with Crippen LogP contribution < -0.4 is 5.32 Å². The molecular formula is C16H12F3N5OS. The van der Waals surface area contributed by atoms with Gasteiger partial charge < -0.3 is 10.2 Å². The van der Waals surface area contributed by atoms with Crippen molar-refractivity contribution in [3.8, 4) is 0 Å². The van der Waals surface area contributed by atoms with E-state index < -0.39 is 30.7 Å². The summed E-state index contributed by atoms with van der Waals surface area (Å²) in [6.07, 6.45) is 2.59. The van der Waals surface area contributed by atoms with Crippen molar-refractivity contribution in [2.75, 3.05) is 18.4 Å². The lowest BCUT2D eigenvalue weighted by Gasteiger charge is -2.38. The number of nitrogens with zero attached hydrogens (tertiary/aromatic N) is 4. The van der Waals surface area contributed by atoms with Crippen molar-refractivity contribution in [2.24, 2.45) is 0 Å². The van der Waals surface area contributed by atoms with Gasteiger partial charge >= 0.3 is 0 Å². The molecule has 1 aliphatic heterocycles. The minimum absolute atomic E-state index is 0.0837. The summed E-state index contributed by atoms with van der Waals surface area (Å²) < 4.78 is 39.9. The number of likely N-dealkylation sites (tertiary alicyclic amines) is 1. The van der Waals surface area contributed by atoms with E-state index in [1.54, 1.807) is 11.4 Å². The van der Waals surface area contributed by atoms with Crippen molar-refractivity contribution in [2.45, 2.75) is 12.5 Å². The maximum absolute atomic E-state index is 13.2. The first kappa shape index (κ1) is 16.7. The monoisotopic (exact) mass is 379 g/mol. The van der Waals surface area contributed by atoms with Gasteiger partial charge in [0.25, 0.3) is 11.8 Å². The van der Waals surface area contributed by atoms with E-state index in [4.69, 9.17) is 0 Å². The number of nitrogens with one attached hydrogen (secondary N) is 1. The molecule has 1 N–H and O–H groups in total. The second-order valence-electron chi connectivity index (χ2n) is 5.91. The Kier molecular flexibility index (Phi) is 3.98. The fraction of sp³-hybridized carbons (Fsp3) is 0.250. The summed E-state index contributed by atoms with van der Waals surface area (Å²) in [7, 11) is 0. The molecular weight excluding hydrogens is 367 g/mol. The largest absolute Gasteiger partial charge is 0.350 e. The van der Waals surface area contributed by atoms with Crippen LogP contribution in [-0.4, -0.2) is 44.8 Å². The van der Waals surface area contributed by atoms with E-state index in [0.717, 1.165) is 11.1 Å². The number of thiophene rings is 1. The number of carbonyl (C=O) groups excluding carboxylic acids is 1. The lowest BCUT2D eigenvalue weighted by atomic mass is 10.1. The Bertz CT molecular complexity index is 985. The van der Waals surface area contributed by atoms with Gasteiger partial charge in [0.05, 0.1) is 29.5 Å². The molecule has 1 saturated heterocycles. The number of anilines is 1. The number of carbonyl (C=O) groups is 1. The highest BCUT2D eigenvalue weighted by Gasteiger charge is 2.47. The highest BCUT2D eigenvalue weighted by atomic mass is 32.1. The van der Waals surface area contributed by atoms with Crippen molar-refractivity contribution in [1.82, 2.24) is 19.9 Å². The quantitative estimate of drug-likeness (QED) is 0.755. The number of pyridine rings is 1. The Morgan fingerprint density at radius 3 is 2.85 bits per heavy atom. The second kappa shape index (κ2) is 6.20. The van der Waals surface area contributed by atoms with E-state index in [1.807, 2.05) is 0 Å². The van der Waals surface area contributed by atoms with Gasteiger partial charge in [-0.1, -0.05) is 0 Å². The Hall–Kier alpha value is -2.75. The predicted molar refractivity (Wildman–Crippen MR) is 89.8 cm³/mol. The van der Waals surface area contributed by atoms with Crippen LogP contribution in [0.1, 0.15) is 16.1 Å². The minimum atomic E-state index is -2.84. The van der Waals surface area contributed by atoms with Crippen LogP contribution in [0.25, 0.3) is 10.2 Å². The van der Waals surface area contributed by atoms with Crippen LogP contribution in [0.2, 0.25) is 0 Å². The molecule has 10 heteroatoms. The van der Waals surface area contributed by atoms with Crippen molar-refractivity contribution >= 4 is 33.4 Å². The number of hydrogen-bond donors (Lipinski definition) is 1. The van der Waals surface area contributed by atoms with Crippen LogP contribution in [0.5, 0.6) is 0 Å². The van der Waals surface area contributed by atoms with Crippen LogP contribution in [0.3, 0.4) is 0 Å². The maximum atomic E-state index is 13.2. The van der Waals surface area contributed by atoms with Gasteiger partial charge in [0.2, 0.25) is 5.95 Å². The molecule has 3 aromatic rings. The number of alkyl halides is 2. The van der Waals surface area contributed by atoms with Crippen LogP contribution in [0, 0.1) is 5.82 Å². The van der Waals surface area contributed by atoms with Gasteiger partial charge in [-0.25, -0.2) is 23.1 Å². The molecule has 26 heavy (non-hydrogen) atoms. The Morgan fingerprint density at radius 1 is 1.31 bits per heavy atom. The average Bonchev–Trinajstić information content (AvgIpc) is 3.05. The molecule has 0 radical (unpaired) electrons. The lowest BCUT2D eigenvalue weighted by molar-refractivity contribution is -0.113. The van der Waals surface area contributed by atoms with E-state index >= 15 is 0 Å². The molecule has 0 saturated carbocycles. The molecule has 0 atom stereocenters. The van der Waals surface area contributed by atoms with E-state index in [2.05, 4.69) is 20.3 Å². The third-order valence-electron chi connectivity index (χ3n) is 3.85. The molecule has 0 unspecified atom stereocenters. The third-order valence-corrected chi connectivity index (χ3v) is 4.76. The number of aromatic nitrogens is 3. The SMILES string of the molecule is O=C(c1nc(NCc2cncc(F)c2)nc2ccsc12)N1CC(F)(F)C1. The summed E-state index contributed by atoms with van der Waals surface area (Å²) in [6.45, 7) is -1.02. The van der Waals surface area contributed by atoms with Gasteiger partial charge in [-0.3, -0.25) is 9.78 Å². The zero-order chi connectivity index (χ0) is 18.3. The van der Waals surface area contributed by atoms with Gasteiger partial charge in [0.15, 0.2) is 5.69 Å². The smallest absolute Gasteiger partial charge is 0.282 e. The van der Waals surface area contributed by atoms with Crippen LogP contribution in [0.15, 0.2) is 29.9 Å². The lowest BCUT2D eigenvalue weighted by Crippen LogP contribution is -2.58. The number of amides is 1. The fourth-order valence-electron chi connectivity index (χ4n) is 2.63. The molecule has 1 amide bonds. The van der Waals surface area contributed by atoms with Gasteiger partial charge in [-0.2, -0.15) is 0 Å². The summed E-state index contributed by atoms with van der Waals surface area (Å²) in [4.78, 5) is 25.8. The molecule has 0 aromatic carbocycles. The number of halogens is 3. The summed E-state index contributed by atoms with van der Waals surface area (Å²) in [6, 6.07) is 3.04. The molecule has 3 aromatic heterocycles. The first-order chi connectivity index (χ1) is 12.4. The van der Waals surface area contributed by atoms with E-state index in [-0.39, 0.29) is 18.2 Å². The summed E-state index contributed by atoms with van der Waals surface area (Å²) >= 11 is 1.27. The summed E-state index contributed by atoms with van der Waals surface area (Å²) in [5.74, 6) is -3.70. The van der Waals surface area contributed by atoms with Gasteiger partial charge in [0, 0.05) is 12.7 Å². The van der Waals surface area contributed by atoms with Gasteiger partial charge in [0.1, 0.15) is 5.82 Å². The number of fused-ring (bicyclic) bond motifs is 1. The normalized spacial score (nSPS) is 15.7. The highest BCUT2D eigenvalue weighted by Crippen LogP contribution is 2.31. The van der Waals surface area contributed by atoms with Crippen molar-refractivity contribution in [3.05, 3.63) is 47.0 Å². The zero-order valence-electron chi connectivity index (χ0n) is 13.2. The Balaban J connectivity index is 1.59. The van der Waals surface area contributed by atoms with Crippen LogP contribution in [-0.2, 0) is 6.54 Å². The molecule has 4 rings (SSSR count). The maximum Gasteiger partial charge on any atom is 0.282 e. The standard InChI is InChI=1S/C16H12F3N5OS/c17-10-3-9(4-20-6-10)5-21-15-22-11-1-2-26-13(11)12(23-15)14(25)24-7-16(18,19)8-24/h1-4,6H,5,7-8H2,(H,21,22,23). The number of hydrogen-bond acceptors (Lipinski definition) is 6. The van der Waals surface area contributed by atoms with Crippen LogP contribution >= 0.6 is 11.3 Å². The van der Waals surface area contributed by atoms with Crippen molar-refractivity contribution in [3.63, 3.8) is 0 Å². The summed E-state index contributed by atoms with van der Waals surface area (Å²) in [5.41, 5.74) is 1.20. The molecule has 1 fully saturated rings. The molecule has 6 nitrogen and oxygen atoms in total. The first-order valence-electron chi connectivity index (χ1n) is 7.67. The molecule has 134 valence electrons.